The standard InChI is InChI=1S/C8H11N3O2/c9-8(13)6-1-2-7(11-5-6)10-3-4-12/h1-2,5,12H,3-4H2,(H2,9,13)(H,10,11). The summed E-state index contributed by atoms with van der Waals surface area (Å²) < 4.78 is 0. The molecule has 0 saturated carbocycles. The zero-order valence-electron chi connectivity index (χ0n) is 7.03. The van der Waals surface area contributed by atoms with E-state index < -0.39 is 5.91 Å². The average molecular weight is 181 g/mol. The fraction of sp³-hybridized carbons (Fsp3) is 0.250. The summed E-state index contributed by atoms with van der Waals surface area (Å²) in [4.78, 5) is 14.6. The minimum absolute atomic E-state index is 0.0409. The maximum atomic E-state index is 10.6. The van der Waals surface area contributed by atoms with E-state index in [2.05, 4.69) is 10.3 Å². The molecule has 0 radical (unpaired) electrons. The summed E-state index contributed by atoms with van der Waals surface area (Å²) >= 11 is 0. The van der Waals surface area contributed by atoms with Crippen molar-refractivity contribution in [3.05, 3.63) is 23.9 Å². The van der Waals surface area contributed by atoms with Gasteiger partial charge in [-0.15, -0.1) is 0 Å². The zero-order valence-corrected chi connectivity index (χ0v) is 7.03. The predicted octanol–water partition coefficient (Wildman–Crippen LogP) is -0.415. The lowest BCUT2D eigenvalue weighted by Gasteiger charge is -2.02. The van der Waals surface area contributed by atoms with E-state index in [0.29, 0.717) is 17.9 Å². The predicted molar refractivity (Wildman–Crippen MR) is 48.3 cm³/mol. The minimum atomic E-state index is -0.499. The molecule has 0 aromatic carbocycles. The fourth-order valence-electron chi connectivity index (χ4n) is 0.828. The highest BCUT2D eigenvalue weighted by molar-refractivity contribution is 5.92. The summed E-state index contributed by atoms with van der Waals surface area (Å²) in [5.74, 6) is 0.111. The molecule has 1 heterocycles. The molecule has 0 aliphatic rings. The minimum Gasteiger partial charge on any atom is -0.395 e. The Morgan fingerprint density at radius 3 is 2.85 bits per heavy atom. The molecule has 4 N–H and O–H groups in total. The molecule has 0 saturated heterocycles. The van der Waals surface area contributed by atoms with Crippen molar-refractivity contribution in [3.63, 3.8) is 0 Å². The highest BCUT2D eigenvalue weighted by atomic mass is 16.3. The highest BCUT2D eigenvalue weighted by Crippen LogP contribution is 2.03. The third-order valence-corrected chi connectivity index (χ3v) is 1.47. The van der Waals surface area contributed by atoms with Crippen LogP contribution in [-0.4, -0.2) is 29.1 Å². The van der Waals surface area contributed by atoms with Crippen LogP contribution in [0.2, 0.25) is 0 Å². The molecule has 0 bridgehead atoms. The molecule has 1 aromatic rings. The topological polar surface area (TPSA) is 88.2 Å². The third kappa shape index (κ3) is 2.72. The van der Waals surface area contributed by atoms with Crippen LogP contribution in [0.15, 0.2) is 18.3 Å². The van der Waals surface area contributed by atoms with Crippen molar-refractivity contribution in [2.24, 2.45) is 5.73 Å². The van der Waals surface area contributed by atoms with Crippen molar-refractivity contribution >= 4 is 11.7 Å². The third-order valence-electron chi connectivity index (χ3n) is 1.47. The fourth-order valence-corrected chi connectivity index (χ4v) is 0.828. The molecular formula is C8H11N3O2. The monoisotopic (exact) mass is 181 g/mol. The van der Waals surface area contributed by atoms with E-state index >= 15 is 0 Å². The van der Waals surface area contributed by atoms with Crippen molar-refractivity contribution < 1.29 is 9.90 Å². The Kier molecular flexibility index (Phi) is 3.22. The molecule has 0 unspecified atom stereocenters. The number of rotatable bonds is 4. The van der Waals surface area contributed by atoms with E-state index in [1.54, 1.807) is 12.1 Å². The molecule has 1 aromatic heterocycles. The first-order valence-electron chi connectivity index (χ1n) is 3.84. The van der Waals surface area contributed by atoms with Gasteiger partial charge in [0.25, 0.3) is 0 Å². The Morgan fingerprint density at radius 2 is 2.38 bits per heavy atom. The summed E-state index contributed by atoms with van der Waals surface area (Å²) in [5.41, 5.74) is 5.39. The summed E-state index contributed by atoms with van der Waals surface area (Å²) in [6.07, 6.45) is 1.39. The lowest BCUT2D eigenvalue weighted by atomic mass is 10.3. The molecule has 1 amide bonds. The molecule has 0 aliphatic heterocycles. The first-order chi connectivity index (χ1) is 6.24. The molecule has 5 heteroatoms. The molecule has 5 nitrogen and oxygen atoms in total. The van der Waals surface area contributed by atoms with Crippen LogP contribution in [-0.2, 0) is 0 Å². The van der Waals surface area contributed by atoms with Crippen LogP contribution < -0.4 is 11.1 Å². The van der Waals surface area contributed by atoms with Gasteiger partial charge in [0.1, 0.15) is 5.82 Å². The van der Waals surface area contributed by atoms with Crippen molar-refractivity contribution in [1.82, 2.24) is 4.98 Å². The number of nitrogens with zero attached hydrogens (tertiary/aromatic N) is 1. The van der Waals surface area contributed by atoms with E-state index in [1.807, 2.05) is 0 Å². The Hall–Kier alpha value is -1.62. The molecule has 70 valence electrons. The van der Waals surface area contributed by atoms with Crippen LogP contribution in [0.25, 0.3) is 0 Å². The first kappa shape index (κ1) is 9.47. The molecule has 0 spiro atoms. The summed E-state index contributed by atoms with van der Waals surface area (Å²) in [6, 6.07) is 3.21. The number of amides is 1. The van der Waals surface area contributed by atoms with Crippen LogP contribution in [0, 0.1) is 0 Å². The number of nitrogens with two attached hydrogens (primary N) is 1. The number of nitrogens with one attached hydrogen (secondary N) is 1. The molecular weight excluding hydrogens is 170 g/mol. The largest absolute Gasteiger partial charge is 0.395 e. The number of carbonyl (C=O) groups excluding carboxylic acids is 1. The van der Waals surface area contributed by atoms with Gasteiger partial charge >= 0.3 is 0 Å². The highest BCUT2D eigenvalue weighted by Gasteiger charge is 1.99. The second-order valence-corrected chi connectivity index (χ2v) is 2.45. The van der Waals surface area contributed by atoms with Crippen LogP contribution in [0.5, 0.6) is 0 Å². The number of aliphatic hydroxyl groups is 1. The zero-order chi connectivity index (χ0) is 9.68. The summed E-state index contributed by atoms with van der Waals surface area (Å²) in [6.45, 7) is 0.474. The first-order valence-corrected chi connectivity index (χ1v) is 3.84. The number of primary amides is 1. The number of aromatic nitrogens is 1. The van der Waals surface area contributed by atoms with Gasteiger partial charge in [0.05, 0.1) is 12.2 Å². The average Bonchev–Trinajstić information content (AvgIpc) is 2.15. The van der Waals surface area contributed by atoms with Crippen molar-refractivity contribution in [2.45, 2.75) is 0 Å². The molecule has 0 aliphatic carbocycles. The maximum Gasteiger partial charge on any atom is 0.250 e. The van der Waals surface area contributed by atoms with Gasteiger partial charge in [0.2, 0.25) is 5.91 Å². The normalized spacial score (nSPS) is 9.62. The van der Waals surface area contributed by atoms with Gasteiger partial charge in [0, 0.05) is 12.7 Å². The number of hydrogen-bond acceptors (Lipinski definition) is 4. The van der Waals surface area contributed by atoms with Gasteiger partial charge in [-0.25, -0.2) is 4.98 Å². The number of carbonyl (C=O) groups is 1. The quantitative estimate of drug-likeness (QED) is 0.589. The molecule has 0 fully saturated rings. The van der Waals surface area contributed by atoms with E-state index in [9.17, 15) is 4.79 Å². The smallest absolute Gasteiger partial charge is 0.250 e. The molecule has 1 rings (SSSR count). The van der Waals surface area contributed by atoms with Gasteiger partial charge in [-0.05, 0) is 12.1 Å². The van der Waals surface area contributed by atoms with Gasteiger partial charge in [0.15, 0.2) is 0 Å². The van der Waals surface area contributed by atoms with Crippen molar-refractivity contribution in [3.8, 4) is 0 Å². The number of aliphatic hydroxyl groups excluding tert-OH is 1. The maximum absolute atomic E-state index is 10.6. The molecule has 0 atom stereocenters. The van der Waals surface area contributed by atoms with Gasteiger partial charge in [-0.3, -0.25) is 4.79 Å². The lowest BCUT2D eigenvalue weighted by molar-refractivity contribution is 0.1000. The van der Waals surface area contributed by atoms with E-state index in [0.717, 1.165) is 0 Å². The Labute approximate surface area is 75.6 Å². The number of anilines is 1. The van der Waals surface area contributed by atoms with Crippen molar-refractivity contribution in [2.75, 3.05) is 18.5 Å². The Bertz CT molecular complexity index is 284. The number of hydrogen-bond donors (Lipinski definition) is 3. The van der Waals surface area contributed by atoms with Crippen LogP contribution in [0.3, 0.4) is 0 Å². The van der Waals surface area contributed by atoms with Crippen LogP contribution >= 0.6 is 0 Å². The van der Waals surface area contributed by atoms with Gasteiger partial charge < -0.3 is 16.2 Å². The number of pyridine rings is 1. The lowest BCUT2D eigenvalue weighted by Crippen LogP contribution is -2.12. The second kappa shape index (κ2) is 4.42. The van der Waals surface area contributed by atoms with E-state index in [4.69, 9.17) is 10.8 Å². The summed E-state index contributed by atoms with van der Waals surface area (Å²) in [7, 11) is 0. The van der Waals surface area contributed by atoms with E-state index in [-0.39, 0.29) is 6.61 Å². The van der Waals surface area contributed by atoms with Gasteiger partial charge in [-0.1, -0.05) is 0 Å². The SMILES string of the molecule is NC(=O)c1ccc(NCCO)nc1. The second-order valence-electron chi connectivity index (χ2n) is 2.45. The van der Waals surface area contributed by atoms with Gasteiger partial charge in [-0.2, -0.15) is 0 Å². The van der Waals surface area contributed by atoms with E-state index in [1.165, 1.54) is 6.20 Å². The van der Waals surface area contributed by atoms with Crippen molar-refractivity contribution in [1.29, 1.82) is 0 Å². The Balaban J connectivity index is 2.64. The summed E-state index contributed by atoms with van der Waals surface area (Å²) in [5, 5.41) is 11.4. The molecule has 13 heavy (non-hydrogen) atoms. The van der Waals surface area contributed by atoms with Crippen LogP contribution in [0.1, 0.15) is 10.4 Å². The van der Waals surface area contributed by atoms with Crippen LogP contribution in [0.4, 0.5) is 5.82 Å². The Morgan fingerprint density at radius 1 is 1.62 bits per heavy atom.